The lowest BCUT2D eigenvalue weighted by atomic mass is 9.93. The van der Waals surface area contributed by atoms with E-state index in [9.17, 15) is 30.3 Å². The number of hydrogen-bond donors (Lipinski definition) is 5. The van der Waals surface area contributed by atoms with E-state index < -0.39 is 86.1 Å². The Labute approximate surface area is 196 Å². The van der Waals surface area contributed by atoms with Crippen LogP contribution in [0.2, 0.25) is 0 Å². The molecule has 2 aliphatic rings. The van der Waals surface area contributed by atoms with Crippen LogP contribution in [0, 0.1) is 5.92 Å². The first-order chi connectivity index (χ1) is 15.8. The maximum Gasteiger partial charge on any atom is 0.302 e. The van der Waals surface area contributed by atoms with E-state index in [-0.39, 0.29) is 5.92 Å². The molecular formula is C20H35N3O11. The molecule has 0 unspecified atom stereocenters. The minimum Gasteiger partial charge on any atom is -0.463 e. The van der Waals surface area contributed by atoms with Gasteiger partial charge in [0.2, 0.25) is 0 Å². The molecule has 34 heavy (non-hydrogen) atoms. The van der Waals surface area contributed by atoms with Gasteiger partial charge in [-0.15, -0.1) is 0 Å². The van der Waals surface area contributed by atoms with Crippen molar-refractivity contribution in [1.29, 1.82) is 0 Å². The number of ether oxygens (including phenoxy) is 5. The van der Waals surface area contributed by atoms with Crippen molar-refractivity contribution in [3.8, 4) is 0 Å². The topological polar surface area (TPSA) is 213 Å². The number of aliphatic hydroxyl groups excluding tert-OH is 5. The Bertz CT molecular complexity index is 733. The fourth-order valence-corrected chi connectivity index (χ4v) is 3.45. The van der Waals surface area contributed by atoms with Crippen molar-refractivity contribution in [3.05, 3.63) is 10.4 Å². The predicted octanol–water partition coefficient (Wildman–Crippen LogP) is -1.05. The lowest BCUT2D eigenvalue weighted by Gasteiger charge is -2.48. The number of nitrogens with zero attached hydrogens (tertiary/aromatic N) is 3. The largest absolute Gasteiger partial charge is 0.463 e. The van der Waals surface area contributed by atoms with Gasteiger partial charge in [0.25, 0.3) is 0 Å². The third-order valence-electron chi connectivity index (χ3n) is 6.23. The predicted molar refractivity (Wildman–Crippen MR) is 113 cm³/mol. The summed E-state index contributed by atoms with van der Waals surface area (Å²) < 4.78 is 27.7. The molecule has 14 nitrogen and oxygen atoms in total. The Kier molecular flexibility index (Phi) is 10.0. The molecule has 2 aliphatic heterocycles. The average Bonchev–Trinajstić information content (AvgIpc) is 2.76. The summed E-state index contributed by atoms with van der Waals surface area (Å²) in [7, 11) is 0. The number of rotatable bonds is 9. The Hall–Kier alpha value is -1.58. The van der Waals surface area contributed by atoms with Crippen LogP contribution in [0.15, 0.2) is 5.11 Å². The molecule has 0 aromatic heterocycles. The van der Waals surface area contributed by atoms with Gasteiger partial charge < -0.3 is 49.2 Å². The summed E-state index contributed by atoms with van der Waals surface area (Å²) in [5.41, 5.74) is 8.36. The molecule has 14 heteroatoms. The Morgan fingerprint density at radius 1 is 1.06 bits per heavy atom. The maximum absolute atomic E-state index is 11.1. The molecule has 0 aromatic rings. The molecule has 2 rings (SSSR count). The highest BCUT2D eigenvalue weighted by Gasteiger charge is 2.52. The van der Waals surface area contributed by atoms with Crippen LogP contribution in [0.25, 0.3) is 10.4 Å². The van der Waals surface area contributed by atoms with Gasteiger partial charge in [0, 0.05) is 11.8 Å². The summed E-state index contributed by atoms with van der Waals surface area (Å²) in [4.78, 5) is 13.9. The highest BCUT2D eigenvalue weighted by Crippen LogP contribution is 2.34. The van der Waals surface area contributed by atoms with Crippen LogP contribution in [0.5, 0.6) is 0 Å². The smallest absolute Gasteiger partial charge is 0.302 e. The lowest BCUT2D eigenvalue weighted by Crippen LogP contribution is -2.65. The van der Waals surface area contributed by atoms with Crippen LogP contribution in [0.1, 0.15) is 34.6 Å². The van der Waals surface area contributed by atoms with Gasteiger partial charge in [-0.25, -0.2) is 0 Å². The number of aliphatic hydroxyl groups is 5. The van der Waals surface area contributed by atoms with Gasteiger partial charge in [-0.2, -0.15) is 0 Å². The highest BCUT2D eigenvalue weighted by molar-refractivity contribution is 5.65. The van der Waals surface area contributed by atoms with Crippen molar-refractivity contribution in [2.75, 3.05) is 13.2 Å². The van der Waals surface area contributed by atoms with Gasteiger partial charge in [-0.1, -0.05) is 19.0 Å². The van der Waals surface area contributed by atoms with Crippen LogP contribution in [0.4, 0.5) is 0 Å². The molecule has 0 aromatic carbocycles. The number of esters is 1. The van der Waals surface area contributed by atoms with E-state index in [1.807, 2.05) is 13.8 Å². The molecule has 0 spiro atoms. The summed E-state index contributed by atoms with van der Waals surface area (Å²) in [5, 5.41) is 55.0. The quantitative estimate of drug-likeness (QED) is 0.113. The molecule has 5 N–H and O–H groups in total. The summed E-state index contributed by atoms with van der Waals surface area (Å²) in [6, 6.07) is -1.28. The van der Waals surface area contributed by atoms with E-state index in [0.717, 1.165) is 6.92 Å². The third kappa shape index (κ3) is 6.55. The number of hydrogen-bond acceptors (Lipinski definition) is 12. The maximum atomic E-state index is 11.1. The van der Waals surface area contributed by atoms with Crippen molar-refractivity contribution in [2.24, 2.45) is 11.0 Å². The van der Waals surface area contributed by atoms with E-state index in [4.69, 9.17) is 29.2 Å². The first-order valence-electron chi connectivity index (χ1n) is 11.0. The second-order valence-electron chi connectivity index (χ2n) is 9.21. The van der Waals surface area contributed by atoms with E-state index in [2.05, 4.69) is 10.0 Å². The van der Waals surface area contributed by atoms with Gasteiger partial charge in [-0.3, -0.25) is 4.79 Å². The van der Waals surface area contributed by atoms with Crippen molar-refractivity contribution in [3.63, 3.8) is 0 Å². The van der Waals surface area contributed by atoms with Crippen molar-refractivity contribution in [2.45, 2.75) is 102 Å². The summed E-state index contributed by atoms with van der Waals surface area (Å²) in [6.45, 7) is 7.45. The highest BCUT2D eigenvalue weighted by atomic mass is 16.7. The molecule has 0 bridgehead atoms. The summed E-state index contributed by atoms with van der Waals surface area (Å²) >= 11 is 0. The van der Waals surface area contributed by atoms with Crippen LogP contribution >= 0.6 is 0 Å². The fraction of sp³-hybridized carbons (Fsp3) is 0.950. The Balaban J connectivity index is 2.32. The van der Waals surface area contributed by atoms with Gasteiger partial charge in [-0.05, 0) is 25.3 Å². The van der Waals surface area contributed by atoms with Gasteiger partial charge in [0.05, 0.1) is 12.2 Å². The van der Waals surface area contributed by atoms with Crippen molar-refractivity contribution in [1.82, 2.24) is 0 Å². The number of carbonyl (C=O) groups is 1. The Morgan fingerprint density at radius 3 is 2.21 bits per heavy atom. The second-order valence-corrected chi connectivity index (χ2v) is 9.21. The van der Waals surface area contributed by atoms with E-state index in [1.165, 1.54) is 0 Å². The fourth-order valence-electron chi connectivity index (χ4n) is 3.45. The van der Waals surface area contributed by atoms with Crippen LogP contribution < -0.4 is 0 Å². The molecule has 2 fully saturated rings. The van der Waals surface area contributed by atoms with Gasteiger partial charge in [0.15, 0.2) is 12.6 Å². The zero-order chi connectivity index (χ0) is 25.8. The van der Waals surface area contributed by atoms with E-state index in [1.54, 1.807) is 13.8 Å². The van der Waals surface area contributed by atoms with Crippen molar-refractivity contribution < 1.29 is 54.0 Å². The van der Waals surface area contributed by atoms with Crippen molar-refractivity contribution >= 4 is 5.97 Å². The average molecular weight is 494 g/mol. The minimum absolute atomic E-state index is 0.00350. The first-order valence-corrected chi connectivity index (χ1v) is 11.0. The Morgan fingerprint density at radius 2 is 1.68 bits per heavy atom. The third-order valence-corrected chi connectivity index (χ3v) is 6.23. The second kappa shape index (κ2) is 11.9. The monoisotopic (exact) mass is 493 g/mol. The molecule has 196 valence electrons. The zero-order valence-corrected chi connectivity index (χ0v) is 19.8. The molecule has 2 heterocycles. The molecule has 10 atom stereocenters. The van der Waals surface area contributed by atoms with Crippen LogP contribution in [0.3, 0.4) is 0 Å². The SMILES string of the molecule is CC(=O)OC[C@H]1O[C@@H](O[C@H]2[C@H](O)[C@@H](CO)O[C@@H](OC(C)(C)C(C)C)[C@@H]2N=[N+]=[N-])[C@H](O)[C@@H](O)[C@H]1O. The number of carbonyl (C=O) groups excluding carboxylic acids is 1. The molecular weight excluding hydrogens is 458 g/mol. The summed E-state index contributed by atoms with van der Waals surface area (Å²) in [6.07, 6.45) is -13.4. The normalized spacial score (nSPS) is 38.9. The minimum atomic E-state index is -1.77. The molecule has 0 saturated carbocycles. The zero-order valence-electron chi connectivity index (χ0n) is 19.8. The first kappa shape index (κ1) is 28.7. The van der Waals surface area contributed by atoms with Gasteiger partial charge in [0.1, 0.15) is 55.4 Å². The van der Waals surface area contributed by atoms with E-state index >= 15 is 0 Å². The van der Waals surface area contributed by atoms with E-state index in [0.29, 0.717) is 0 Å². The molecule has 2 saturated heterocycles. The molecule has 0 aliphatic carbocycles. The van der Waals surface area contributed by atoms with Gasteiger partial charge >= 0.3 is 5.97 Å². The molecule has 0 radical (unpaired) electrons. The molecule has 0 amide bonds. The number of azide groups is 1. The lowest BCUT2D eigenvalue weighted by molar-refractivity contribution is -0.350. The summed E-state index contributed by atoms with van der Waals surface area (Å²) in [5.74, 6) is -0.653. The van der Waals surface area contributed by atoms with Crippen LogP contribution in [-0.4, -0.2) is 112 Å². The van der Waals surface area contributed by atoms with Crippen LogP contribution in [-0.2, 0) is 28.5 Å². The standard InChI is InChI=1S/C20H35N3O11/c1-8(2)20(4,5)34-18-12(22-23-21)17(14(27)10(6-24)31-18)33-19-16(29)15(28)13(26)11(32-19)7-30-9(3)25/h8,10-19,24,26-29H,6-7H2,1-5H3/t10-,11-,12-,13+,14-,15+,16-,17-,18+,19+/m1/s1.